The summed E-state index contributed by atoms with van der Waals surface area (Å²) in [6.45, 7) is 2.28. The Morgan fingerprint density at radius 2 is 1.41 bits per heavy atom. The molecule has 0 heterocycles. The highest BCUT2D eigenvalue weighted by molar-refractivity contribution is 4.92. The van der Waals surface area contributed by atoms with Crippen LogP contribution in [0.4, 0.5) is 8.78 Å². The van der Waals surface area contributed by atoms with Crippen LogP contribution in [-0.2, 0) is 0 Å². The number of allylic oxidation sites excluding steroid dienone is 1. The molecule has 22 heavy (non-hydrogen) atoms. The van der Waals surface area contributed by atoms with Gasteiger partial charge in [-0.2, -0.15) is 8.78 Å². The second-order valence-corrected chi connectivity index (χ2v) is 7.76. The van der Waals surface area contributed by atoms with Crippen molar-refractivity contribution in [2.75, 3.05) is 0 Å². The van der Waals surface area contributed by atoms with Crippen molar-refractivity contribution in [3.05, 3.63) is 12.2 Å². The summed E-state index contributed by atoms with van der Waals surface area (Å²) in [6.07, 6.45) is 16.7. The third-order valence-corrected chi connectivity index (χ3v) is 6.20. The van der Waals surface area contributed by atoms with E-state index >= 15 is 0 Å². The predicted molar refractivity (Wildman–Crippen MR) is 90.0 cm³/mol. The fraction of sp³-hybridized carbons (Fsp3) is 0.900. The van der Waals surface area contributed by atoms with Gasteiger partial charge in [-0.25, -0.2) is 0 Å². The van der Waals surface area contributed by atoms with Gasteiger partial charge in [-0.3, -0.25) is 0 Å². The summed E-state index contributed by atoms with van der Waals surface area (Å²) in [5.74, 6) is 2.85. The number of halogens is 2. The smallest absolute Gasteiger partial charge is 0.174 e. The molecule has 0 radical (unpaired) electrons. The van der Waals surface area contributed by atoms with Crippen LogP contribution < -0.4 is 0 Å². The molecule has 2 fully saturated rings. The van der Waals surface area contributed by atoms with Crippen LogP contribution in [0.3, 0.4) is 0 Å². The van der Waals surface area contributed by atoms with Crippen LogP contribution in [0.1, 0.15) is 90.4 Å². The van der Waals surface area contributed by atoms with Crippen LogP contribution in [0.25, 0.3) is 0 Å². The average molecular weight is 312 g/mol. The minimum atomic E-state index is -1.48. The van der Waals surface area contributed by atoms with Gasteiger partial charge in [0, 0.05) is 0 Å². The van der Waals surface area contributed by atoms with Crippen molar-refractivity contribution in [2.45, 2.75) is 90.4 Å². The number of unbranched alkanes of at least 4 members (excludes halogenated alkanes) is 3. The highest BCUT2D eigenvalue weighted by Gasteiger charge is 2.30. The third-order valence-electron chi connectivity index (χ3n) is 6.20. The van der Waals surface area contributed by atoms with E-state index in [0.717, 1.165) is 30.6 Å². The highest BCUT2D eigenvalue weighted by atomic mass is 19.3. The molecule has 0 N–H and O–H groups in total. The lowest BCUT2D eigenvalue weighted by molar-refractivity contribution is 0.150. The van der Waals surface area contributed by atoms with Crippen molar-refractivity contribution >= 4 is 0 Å². The molecule has 0 spiro atoms. The molecule has 0 saturated heterocycles. The molecule has 2 rings (SSSR count). The van der Waals surface area contributed by atoms with E-state index in [9.17, 15) is 8.78 Å². The summed E-state index contributed by atoms with van der Waals surface area (Å²) in [5, 5.41) is 0. The fourth-order valence-corrected chi connectivity index (χ4v) is 4.77. The van der Waals surface area contributed by atoms with Gasteiger partial charge in [-0.05, 0) is 68.3 Å². The SMILES string of the molecule is CCCCCC[C@H]1CC[C@H]([C@H]2CC[C@H](C=C(F)F)CC2)CC1. The van der Waals surface area contributed by atoms with E-state index < -0.39 is 6.08 Å². The first-order valence-electron chi connectivity index (χ1n) is 9.71. The molecular weight excluding hydrogens is 278 g/mol. The van der Waals surface area contributed by atoms with Gasteiger partial charge >= 0.3 is 0 Å². The first kappa shape index (κ1) is 17.9. The summed E-state index contributed by atoms with van der Waals surface area (Å²) in [7, 11) is 0. The van der Waals surface area contributed by atoms with Gasteiger partial charge in [0.05, 0.1) is 0 Å². The Kier molecular flexibility index (Phi) is 7.89. The van der Waals surface area contributed by atoms with Gasteiger partial charge in [0.2, 0.25) is 0 Å². The first-order chi connectivity index (χ1) is 10.7. The van der Waals surface area contributed by atoms with Crippen LogP contribution in [0.2, 0.25) is 0 Å². The maximum absolute atomic E-state index is 12.3. The maximum Gasteiger partial charge on any atom is 0.266 e. The second-order valence-electron chi connectivity index (χ2n) is 7.76. The molecule has 0 nitrogen and oxygen atoms in total. The Morgan fingerprint density at radius 1 is 0.818 bits per heavy atom. The Balaban J connectivity index is 1.62. The van der Waals surface area contributed by atoms with E-state index in [1.807, 2.05) is 0 Å². The Labute approximate surface area is 135 Å². The fourth-order valence-electron chi connectivity index (χ4n) is 4.77. The molecule has 2 aliphatic carbocycles. The van der Waals surface area contributed by atoms with Gasteiger partial charge in [-0.1, -0.05) is 51.9 Å². The molecule has 128 valence electrons. The second kappa shape index (κ2) is 9.67. The summed E-state index contributed by atoms with van der Waals surface area (Å²) < 4.78 is 24.7. The maximum atomic E-state index is 12.3. The lowest BCUT2D eigenvalue weighted by atomic mass is 9.68. The Bertz CT molecular complexity index is 317. The third kappa shape index (κ3) is 6.01. The summed E-state index contributed by atoms with van der Waals surface area (Å²) >= 11 is 0. The number of rotatable bonds is 7. The van der Waals surface area contributed by atoms with Crippen LogP contribution >= 0.6 is 0 Å². The monoisotopic (exact) mass is 312 g/mol. The minimum absolute atomic E-state index is 0.149. The molecular formula is C20H34F2. The molecule has 2 saturated carbocycles. The van der Waals surface area contributed by atoms with Crippen LogP contribution in [-0.4, -0.2) is 0 Å². The molecule has 0 aromatic carbocycles. The molecule has 2 aliphatic rings. The van der Waals surface area contributed by atoms with Crippen LogP contribution in [0.15, 0.2) is 12.2 Å². The zero-order chi connectivity index (χ0) is 15.8. The van der Waals surface area contributed by atoms with E-state index in [4.69, 9.17) is 0 Å². The summed E-state index contributed by atoms with van der Waals surface area (Å²) in [6, 6.07) is 0. The molecule has 0 unspecified atom stereocenters. The van der Waals surface area contributed by atoms with E-state index in [1.165, 1.54) is 76.7 Å². The lowest BCUT2D eigenvalue weighted by Crippen LogP contribution is -2.25. The van der Waals surface area contributed by atoms with Gasteiger partial charge in [0.15, 0.2) is 0 Å². The summed E-state index contributed by atoms with van der Waals surface area (Å²) in [4.78, 5) is 0. The van der Waals surface area contributed by atoms with Gasteiger partial charge < -0.3 is 0 Å². The van der Waals surface area contributed by atoms with E-state index in [-0.39, 0.29) is 5.92 Å². The quantitative estimate of drug-likeness (QED) is 0.431. The zero-order valence-corrected chi connectivity index (χ0v) is 14.3. The van der Waals surface area contributed by atoms with Crippen LogP contribution in [0.5, 0.6) is 0 Å². The van der Waals surface area contributed by atoms with Crippen LogP contribution in [0, 0.1) is 23.7 Å². The van der Waals surface area contributed by atoms with E-state index in [1.54, 1.807) is 0 Å². The molecule has 0 aliphatic heterocycles. The topological polar surface area (TPSA) is 0 Å². The van der Waals surface area contributed by atoms with Crippen molar-refractivity contribution in [2.24, 2.45) is 23.7 Å². The normalized spacial score (nSPS) is 32.7. The van der Waals surface area contributed by atoms with Crippen molar-refractivity contribution in [1.29, 1.82) is 0 Å². The van der Waals surface area contributed by atoms with Gasteiger partial charge in [0.1, 0.15) is 0 Å². The largest absolute Gasteiger partial charge is 0.266 e. The van der Waals surface area contributed by atoms with Crippen molar-refractivity contribution in [3.8, 4) is 0 Å². The molecule has 2 heteroatoms. The standard InChI is InChI=1S/C20H34F2/c1-2-3-4-5-6-16-7-11-18(12-8-16)19-13-9-17(10-14-19)15-20(21)22/h15-19H,2-14H2,1H3/t16-,17-,18-,19-. The van der Waals surface area contributed by atoms with E-state index in [0.29, 0.717) is 0 Å². The average Bonchev–Trinajstić information content (AvgIpc) is 2.52. The number of hydrogen-bond donors (Lipinski definition) is 0. The molecule has 0 amide bonds. The Hall–Kier alpha value is -0.400. The van der Waals surface area contributed by atoms with Gasteiger partial charge in [0.25, 0.3) is 6.08 Å². The Morgan fingerprint density at radius 3 is 1.95 bits per heavy atom. The van der Waals surface area contributed by atoms with Crippen molar-refractivity contribution in [3.63, 3.8) is 0 Å². The van der Waals surface area contributed by atoms with Crippen molar-refractivity contribution in [1.82, 2.24) is 0 Å². The lowest BCUT2D eigenvalue weighted by Gasteiger charge is -2.37. The van der Waals surface area contributed by atoms with Gasteiger partial charge in [-0.15, -0.1) is 0 Å². The highest BCUT2D eigenvalue weighted by Crippen LogP contribution is 2.42. The molecule has 0 aromatic heterocycles. The van der Waals surface area contributed by atoms with E-state index in [2.05, 4.69) is 6.92 Å². The number of hydrogen-bond acceptors (Lipinski definition) is 0. The minimum Gasteiger partial charge on any atom is -0.174 e. The molecule has 0 bridgehead atoms. The first-order valence-corrected chi connectivity index (χ1v) is 9.71. The molecule has 0 atom stereocenters. The van der Waals surface area contributed by atoms with Crippen molar-refractivity contribution < 1.29 is 8.78 Å². The molecule has 0 aromatic rings. The predicted octanol–water partition coefficient (Wildman–Crippen LogP) is 7.35. The summed E-state index contributed by atoms with van der Waals surface area (Å²) in [5.41, 5.74) is 0. The zero-order valence-electron chi connectivity index (χ0n) is 14.3.